The van der Waals surface area contributed by atoms with Crippen molar-refractivity contribution in [3.63, 3.8) is 0 Å². The van der Waals surface area contributed by atoms with Crippen LogP contribution in [0.1, 0.15) is 39.5 Å². The molecule has 0 saturated heterocycles. The van der Waals surface area contributed by atoms with E-state index in [0.29, 0.717) is 6.61 Å². The van der Waals surface area contributed by atoms with Crippen LogP contribution >= 0.6 is 0 Å². The zero-order valence-electron chi connectivity index (χ0n) is 9.71. The SMILES string of the molecule is CCCCCOCC(=O)O.[CH2-]CC.[Li+]. The Balaban J connectivity index is -0.000000267. The van der Waals surface area contributed by atoms with Crippen LogP contribution in [0.3, 0.4) is 0 Å². The number of hydrogen-bond donors (Lipinski definition) is 1. The number of carboxylic acids is 1. The molecule has 0 bridgehead atoms. The molecule has 0 fully saturated rings. The summed E-state index contributed by atoms with van der Waals surface area (Å²) in [5, 5.41) is 8.15. The minimum absolute atomic E-state index is 0. The van der Waals surface area contributed by atoms with Crippen molar-refractivity contribution in [1.29, 1.82) is 0 Å². The minimum atomic E-state index is -0.892. The van der Waals surface area contributed by atoms with Crippen LogP contribution in [0.25, 0.3) is 0 Å². The van der Waals surface area contributed by atoms with Gasteiger partial charge in [-0.2, -0.15) is 6.42 Å². The summed E-state index contributed by atoms with van der Waals surface area (Å²) < 4.78 is 4.80. The number of aliphatic carboxylic acids is 1. The van der Waals surface area contributed by atoms with E-state index in [1.165, 1.54) is 0 Å². The molecule has 0 aromatic carbocycles. The van der Waals surface area contributed by atoms with E-state index in [-0.39, 0.29) is 25.5 Å². The summed E-state index contributed by atoms with van der Waals surface area (Å²) in [6.07, 6.45) is 4.21. The Labute approximate surface area is 99.4 Å². The van der Waals surface area contributed by atoms with E-state index in [4.69, 9.17) is 9.84 Å². The standard InChI is InChI=1S/C7H14O3.C3H7.Li/c1-2-3-4-5-10-6-7(8)9;1-3-2;/h2-6H2,1H3,(H,8,9);1,3H2,2H3;/q;-1;+1. The molecule has 0 aliphatic carbocycles. The molecule has 80 valence electrons. The van der Waals surface area contributed by atoms with E-state index in [9.17, 15) is 4.79 Å². The molecule has 0 heterocycles. The zero-order chi connectivity index (χ0) is 10.5. The first kappa shape index (κ1) is 19.6. The summed E-state index contributed by atoms with van der Waals surface area (Å²) in [6, 6.07) is 0. The van der Waals surface area contributed by atoms with Gasteiger partial charge in [0.05, 0.1) is 0 Å². The van der Waals surface area contributed by atoms with Crippen molar-refractivity contribution in [3.8, 4) is 0 Å². The molecule has 0 spiro atoms. The molecule has 3 nitrogen and oxygen atoms in total. The van der Waals surface area contributed by atoms with Crippen molar-refractivity contribution in [2.24, 2.45) is 0 Å². The number of ether oxygens (including phenoxy) is 1. The summed E-state index contributed by atoms with van der Waals surface area (Å²) in [4.78, 5) is 9.91. The molecule has 0 unspecified atom stereocenters. The maximum Gasteiger partial charge on any atom is 1.00 e. The molecule has 0 saturated carbocycles. The molecule has 14 heavy (non-hydrogen) atoms. The third-order valence-electron chi connectivity index (χ3n) is 1.12. The van der Waals surface area contributed by atoms with Crippen molar-refractivity contribution in [3.05, 3.63) is 6.92 Å². The van der Waals surface area contributed by atoms with Crippen molar-refractivity contribution in [1.82, 2.24) is 0 Å². The average Bonchev–Trinajstić information content (AvgIpc) is 2.05. The van der Waals surface area contributed by atoms with Crippen molar-refractivity contribution in [2.75, 3.05) is 13.2 Å². The second kappa shape index (κ2) is 18.7. The third kappa shape index (κ3) is 29.6. The van der Waals surface area contributed by atoms with Crippen LogP contribution in [-0.2, 0) is 9.53 Å². The van der Waals surface area contributed by atoms with Crippen LogP contribution in [0.5, 0.6) is 0 Å². The summed E-state index contributed by atoms with van der Waals surface area (Å²) in [7, 11) is 0. The normalized spacial score (nSPS) is 8.21. The molecular formula is C10H21LiO3. The summed E-state index contributed by atoms with van der Waals surface area (Å²) >= 11 is 0. The van der Waals surface area contributed by atoms with Crippen molar-refractivity contribution in [2.45, 2.75) is 39.5 Å². The van der Waals surface area contributed by atoms with Crippen LogP contribution < -0.4 is 18.9 Å². The smallest absolute Gasteiger partial charge is 0.480 e. The molecule has 0 atom stereocenters. The molecule has 0 aromatic rings. The van der Waals surface area contributed by atoms with Gasteiger partial charge in [0.15, 0.2) is 0 Å². The Kier molecular flexibility index (Phi) is 26.2. The monoisotopic (exact) mass is 196 g/mol. The number of carbonyl (C=O) groups is 1. The number of rotatable bonds is 6. The molecular weight excluding hydrogens is 175 g/mol. The topological polar surface area (TPSA) is 46.5 Å². The first-order chi connectivity index (χ1) is 6.18. The summed E-state index contributed by atoms with van der Waals surface area (Å²) in [6.45, 7) is 8.00. The van der Waals surface area contributed by atoms with Gasteiger partial charge in [0.1, 0.15) is 6.61 Å². The molecule has 0 aliphatic heterocycles. The molecule has 0 amide bonds. The van der Waals surface area contributed by atoms with E-state index in [1.807, 2.05) is 6.92 Å². The third-order valence-corrected chi connectivity index (χ3v) is 1.12. The van der Waals surface area contributed by atoms with Gasteiger partial charge in [0, 0.05) is 6.61 Å². The van der Waals surface area contributed by atoms with Crippen molar-refractivity contribution >= 4 is 5.97 Å². The average molecular weight is 196 g/mol. The van der Waals surface area contributed by atoms with Crippen LogP contribution in [0.4, 0.5) is 0 Å². The Morgan fingerprint density at radius 2 is 1.86 bits per heavy atom. The minimum Gasteiger partial charge on any atom is -0.480 e. The van der Waals surface area contributed by atoms with E-state index < -0.39 is 5.97 Å². The van der Waals surface area contributed by atoms with E-state index in [0.717, 1.165) is 25.7 Å². The van der Waals surface area contributed by atoms with E-state index >= 15 is 0 Å². The van der Waals surface area contributed by atoms with Gasteiger partial charge >= 0.3 is 24.8 Å². The first-order valence-corrected chi connectivity index (χ1v) is 4.77. The fraction of sp³-hybridized carbons (Fsp3) is 0.800. The fourth-order valence-corrected chi connectivity index (χ4v) is 0.614. The maximum atomic E-state index is 9.91. The predicted molar refractivity (Wildman–Crippen MR) is 53.6 cm³/mol. The van der Waals surface area contributed by atoms with E-state index in [1.54, 1.807) is 0 Å². The Hall–Kier alpha value is 0.0274. The van der Waals surface area contributed by atoms with Gasteiger partial charge in [-0.25, -0.2) is 4.79 Å². The van der Waals surface area contributed by atoms with Gasteiger partial charge in [-0.3, -0.25) is 0 Å². The molecule has 1 N–H and O–H groups in total. The Morgan fingerprint density at radius 3 is 2.21 bits per heavy atom. The molecule has 0 rings (SSSR count). The Bertz CT molecular complexity index is 108. The molecule has 4 heteroatoms. The second-order valence-corrected chi connectivity index (χ2v) is 2.65. The number of unbranched alkanes of at least 4 members (excludes halogenated alkanes) is 2. The Morgan fingerprint density at radius 1 is 1.36 bits per heavy atom. The van der Waals surface area contributed by atoms with Gasteiger partial charge in [-0.1, -0.05) is 26.7 Å². The fourth-order valence-electron chi connectivity index (χ4n) is 0.614. The molecule has 0 aliphatic rings. The predicted octanol–water partition coefficient (Wildman–Crippen LogP) is -0.488. The second-order valence-electron chi connectivity index (χ2n) is 2.65. The van der Waals surface area contributed by atoms with Crippen LogP contribution in [-0.4, -0.2) is 24.3 Å². The quantitative estimate of drug-likeness (QED) is 0.354. The van der Waals surface area contributed by atoms with Crippen LogP contribution in [0.2, 0.25) is 0 Å². The van der Waals surface area contributed by atoms with Gasteiger partial charge in [0.25, 0.3) is 0 Å². The van der Waals surface area contributed by atoms with Crippen LogP contribution in [0, 0.1) is 6.92 Å². The van der Waals surface area contributed by atoms with Gasteiger partial charge in [0.2, 0.25) is 0 Å². The number of hydrogen-bond acceptors (Lipinski definition) is 2. The van der Waals surface area contributed by atoms with Crippen molar-refractivity contribution < 1.29 is 33.5 Å². The van der Waals surface area contributed by atoms with E-state index in [2.05, 4.69) is 13.8 Å². The molecule has 0 aromatic heterocycles. The largest absolute Gasteiger partial charge is 1.00 e. The number of carboxylic acid groups (broad SMARTS) is 1. The zero-order valence-corrected chi connectivity index (χ0v) is 9.71. The molecule has 0 radical (unpaired) electrons. The first-order valence-electron chi connectivity index (χ1n) is 4.77. The maximum absolute atomic E-state index is 9.91. The van der Waals surface area contributed by atoms with Gasteiger partial charge < -0.3 is 16.8 Å². The summed E-state index contributed by atoms with van der Waals surface area (Å²) in [5.41, 5.74) is 0. The summed E-state index contributed by atoms with van der Waals surface area (Å²) in [5.74, 6) is -0.892. The van der Waals surface area contributed by atoms with Crippen LogP contribution in [0.15, 0.2) is 0 Å². The van der Waals surface area contributed by atoms with Gasteiger partial charge in [-0.15, -0.1) is 0 Å². The van der Waals surface area contributed by atoms with Gasteiger partial charge in [-0.05, 0) is 6.42 Å².